The maximum absolute atomic E-state index is 14.9. The maximum atomic E-state index is 14.9. The molecule has 0 aliphatic heterocycles. The Morgan fingerprint density at radius 3 is 2.71 bits per heavy atom. The molecule has 2 aromatic carbocycles. The Labute approximate surface area is 198 Å². The number of hydrogen-bond acceptors (Lipinski definition) is 6. The van der Waals surface area contributed by atoms with Gasteiger partial charge in [0.05, 0.1) is 5.69 Å². The van der Waals surface area contributed by atoms with Crippen LogP contribution in [0.15, 0.2) is 54.9 Å². The summed E-state index contributed by atoms with van der Waals surface area (Å²) in [4.78, 5) is 23.9. The van der Waals surface area contributed by atoms with Crippen molar-refractivity contribution in [2.75, 3.05) is 33.0 Å². The zero-order valence-corrected chi connectivity index (χ0v) is 19.3. The van der Waals surface area contributed by atoms with E-state index in [0.29, 0.717) is 24.4 Å². The van der Waals surface area contributed by atoms with Crippen molar-refractivity contribution in [1.82, 2.24) is 19.8 Å². The maximum Gasteiger partial charge on any atom is 0.315 e. The third-order valence-electron chi connectivity index (χ3n) is 5.88. The molecule has 9 heteroatoms. The van der Waals surface area contributed by atoms with Gasteiger partial charge in [-0.1, -0.05) is 18.2 Å². The molecule has 2 amide bonds. The van der Waals surface area contributed by atoms with Crippen molar-refractivity contribution in [3.8, 4) is 17.0 Å². The number of primary amides is 1. The summed E-state index contributed by atoms with van der Waals surface area (Å²) in [7, 11) is 3.98. The summed E-state index contributed by atoms with van der Waals surface area (Å²) >= 11 is 0. The van der Waals surface area contributed by atoms with E-state index in [1.807, 2.05) is 49.3 Å². The van der Waals surface area contributed by atoms with E-state index < -0.39 is 11.8 Å². The Morgan fingerprint density at radius 1 is 1.18 bits per heavy atom. The van der Waals surface area contributed by atoms with Crippen molar-refractivity contribution in [3.05, 3.63) is 71.8 Å². The normalized spacial score (nSPS) is 16.9. The first-order valence-electron chi connectivity index (χ1n) is 11.1. The van der Waals surface area contributed by atoms with Crippen molar-refractivity contribution >= 4 is 11.8 Å². The second-order valence-electron chi connectivity index (χ2n) is 8.74. The molecule has 1 aliphatic carbocycles. The highest BCUT2D eigenvalue weighted by Crippen LogP contribution is 2.46. The number of aromatic nitrogens is 2. The highest BCUT2D eigenvalue weighted by molar-refractivity contribution is 5.73. The van der Waals surface area contributed by atoms with E-state index in [-0.39, 0.29) is 17.8 Å². The van der Waals surface area contributed by atoms with Crippen molar-refractivity contribution in [1.29, 1.82) is 0 Å². The Balaban J connectivity index is 1.44. The number of nitrogens with two attached hydrogens (primary N) is 2. The van der Waals surface area contributed by atoms with Crippen LogP contribution in [0.2, 0.25) is 0 Å². The average molecular weight is 465 g/mol. The number of amides is 2. The second kappa shape index (κ2) is 10.0. The molecule has 1 heterocycles. The van der Waals surface area contributed by atoms with Crippen molar-refractivity contribution in [3.63, 3.8) is 0 Å². The first kappa shape index (κ1) is 23.4. The number of likely N-dealkylation sites (N-methyl/N-ethyl adjacent to an activating group) is 1. The summed E-state index contributed by atoms with van der Waals surface area (Å²) in [6, 6.07) is 13.6. The van der Waals surface area contributed by atoms with Crippen LogP contribution in [-0.2, 0) is 6.54 Å². The molecule has 1 saturated carbocycles. The smallest absolute Gasteiger partial charge is 0.315 e. The molecule has 0 spiro atoms. The van der Waals surface area contributed by atoms with Crippen LogP contribution in [0.1, 0.15) is 23.5 Å². The number of rotatable bonds is 9. The van der Waals surface area contributed by atoms with Crippen molar-refractivity contribution in [2.24, 2.45) is 5.73 Å². The van der Waals surface area contributed by atoms with Gasteiger partial charge in [-0.05, 0) is 55.9 Å². The Morgan fingerprint density at radius 2 is 2.00 bits per heavy atom. The predicted molar refractivity (Wildman–Crippen MR) is 129 cm³/mol. The SMILES string of the molecule is CN(C)CCOc1cccc(CN(C(N)=O)C2CC2c2ccc(-c3cc(N)ncn3)c(F)c2)c1. The highest BCUT2D eigenvalue weighted by Gasteiger charge is 2.44. The molecule has 178 valence electrons. The van der Waals surface area contributed by atoms with E-state index >= 15 is 0 Å². The number of anilines is 1. The zero-order chi connectivity index (χ0) is 24.2. The lowest BCUT2D eigenvalue weighted by Crippen LogP contribution is -2.37. The van der Waals surface area contributed by atoms with E-state index in [2.05, 4.69) is 9.97 Å². The molecular weight excluding hydrogens is 435 g/mol. The standard InChI is InChI=1S/C25H29FN6O2/c1-31(2)8-9-34-18-5-3-4-16(10-18)14-32(25(28)33)23-12-20(23)17-6-7-19(21(26)11-17)22-13-24(27)30-15-29-22/h3-7,10-11,13,15,20,23H,8-9,12,14H2,1-2H3,(H2,28,33)(H2,27,29,30). The molecular formula is C25H29FN6O2. The van der Waals surface area contributed by atoms with Crippen LogP contribution in [0.5, 0.6) is 5.75 Å². The average Bonchev–Trinajstić information content (AvgIpc) is 3.58. The number of urea groups is 1. The molecule has 0 radical (unpaired) electrons. The lowest BCUT2D eigenvalue weighted by atomic mass is 10.0. The van der Waals surface area contributed by atoms with Gasteiger partial charge in [0, 0.05) is 36.7 Å². The summed E-state index contributed by atoms with van der Waals surface area (Å²) < 4.78 is 20.7. The van der Waals surface area contributed by atoms with Gasteiger partial charge in [-0.3, -0.25) is 0 Å². The first-order valence-corrected chi connectivity index (χ1v) is 11.1. The van der Waals surface area contributed by atoms with Crippen LogP contribution in [-0.4, -0.2) is 59.1 Å². The van der Waals surface area contributed by atoms with Gasteiger partial charge in [-0.25, -0.2) is 19.2 Å². The van der Waals surface area contributed by atoms with E-state index in [9.17, 15) is 9.18 Å². The summed E-state index contributed by atoms with van der Waals surface area (Å²) in [5.41, 5.74) is 13.9. The number of hydrogen-bond donors (Lipinski definition) is 2. The van der Waals surface area contributed by atoms with Crippen LogP contribution < -0.4 is 16.2 Å². The molecule has 0 saturated heterocycles. The third-order valence-corrected chi connectivity index (χ3v) is 5.88. The van der Waals surface area contributed by atoms with Crippen LogP contribution in [0, 0.1) is 5.82 Å². The van der Waals surface area contributed by atoms with Gasteiger partial charge in [0.15, 0.2) is 0 Å². The largest absolute Gasteiger partial charge is 0.492 e. The summed E-state index contributed by atoms with van der Waals surface area (Å²) in [6.07, 6.45) is 2.03. The number of carbonyl (C=O) groups is 1. The molecule has 2 atom stereocenters. The molecule has 1 aromatic heterocycles. The van der Waals surface area contributed by atoms with Crippen LogP contribution in [0.3, 0.4) is 0 Å². The quantitative estimate of drug-likeness (QED) is 0.503. The van der Waals surface area contributed by atoms with E-state index in [4.69, 9.17) is 16.2 Å². The fraction of sp³-hybridized carbons (Fsp3) is 0.320. The van der Waals surface area contributed by atoms with E-state index in [1.165, 1.54) is 18.5 Å². The molecule has 4 N–H and O–H groups in total. The minimum Gasteiger partial charge on any atom is -0.492 e. The molecule has 0 bridgehead atoms. The summed E-state index contributed by atoms with van der Waals surface area (Å²) in [6.45, 7) is 1.74. The molecule has 1 aliphatic rings. The first-order chi connectivity index (χ1) is 16.3. The number of nitrogens with zero attached hydrogens (tertiary/aromatic N) is 4. The van der Waals surface area contributed by atoms with Crippen LogP contribution >= 0.6 is 0 Å². The Kier molecular flexibility index (Phi) is 6.93. The predicted octanol–water partition coefficient (Wildman–Crippen LogP) is 3.24. The van der Waals surface area contributed by atoms with Gasteiger partial charge in [0.1, 0.15) is 30.3 Å². The van der Waals surface area contributed by atoms with Crippen molar-refractivity contribution < 1.29 is 13.9 Å². The number of halogens is 1. The van der Waals surface area contributed by atoms with Crippen LogP contribution in [0.25, 0.3) is 11.3 Å². The number of carbonyl (C=O) groups excluding carboxylic acids is 1. The van der Waals surface area contributed by atoms with Gasteiger partial charge < -0.3 is 26.0 Å². The molecule has 4 rings (SSSR count). The number of ether oxygens (including phenoxy) is 1. The lowest BCUT2D eigenvalue weighted by molar-refractivity contribution is 0.200. The van der Waals surface area contributed by atoms with Gasteiger partial charge in [0.25, 0.3) is 0 Å². The second-order valence-corrected chi connectivity index (χ2v) is 8.74. The van der Waals surface area contributed by atoms with Crippen LogP contribution in [0.4, 0.5) is 15.0 Å². The summed E-state index contributed by atoms with van der Waals surface area (Å²) in [5, 5.41) is 0. The van der Waals surface area contributed by atoms with Gasteiger partial charge >= 0.3 is 6.03 Å². The molecule has 34 heavy (non-hydrogen) atoms. The molecule has 3 aromatic rings. The monoisotopic (exact) mass is 464 g/mol. The summed E-state index contributed by atoms with van der Waals surface area (Å²) in [5.74, 6) is 0.652. The molecule has 1 fully saturated rings. The third kappa shape index (κ3) is 5.60. The van der Waals surface area contributed by atoms with E-state index in [1.54, 1.807) is 11.0 Å². The zero-order valence-electron chi connectivity index (χ0n) is 19.3. The topological polar surface area (TPSA) is 111 Å². The van der Waals surface area contributed by atoms with Crippen molar-refractivity contribution in [2.45, 2.75) is 24.9 Å². The lowest BCUT2D eigenvalue weighted by Gasteiger charge is -2.21. The minimum absolute atomic E-state index is 0.0195. The fourth-order valence-corrected chi connectivity index (χ4v) is 4.01. The van der Waals surface area contributed by atoms with E-state index in [0.717, 1.165) is 29.8 Å². The van der Waals surface area contributed by atoms with Gasteiger partial charge in [0.2, 0.25) is 0 Å². The fourth-order valence-electron chi connectivity index (χ4n) is 4.01. The molecule has 2 unspecified atom stereocenters. The minimum atomic E-state index is -0.500. The number of benzene rings is 2. The van der Waals surface area contributed by atoms with Gasteiger partial charge in [-0.2, -0.15) is 0 Å². The van der Waals surface area contributed by atoms with Gasteiger partial charge in [-0.15, -0.1) is 0 Å². The highest BCUT2D eigenvalue weighted by atomic mass is 19.1. The Hall–Kier alpha value is -3.72. The Bertz CT molecular complexity index is 1170. The number of nitrogen functional groups attached to an aromatic ring is 1. The molecule has 8 nitrogen and oxygen atoms in total.